The number of hydrogen-bond acceptors (Lipinski definition) is 7. The molecule has 14 heteroatoms. The van der Waals surface area contributed by atoms with E-state index in [9.17, 15) is 26.0 Å². The SMILES string of the molecule is N=C1NC(c2sc(C3NN=C(c4ccc(Cl)cc4)O3)cc2F)CS(=O)(=O)C1CC(F)(F)F. The molecule has 1 aromatic carbocycles. The van der Waals surface area contributed by atoms with Gasteiger partial charge in [-0.15, -0.1) is 16.4 Å². The summed E-state index contributed by atoms with van der Waals surface area (Å²) in [6.07, 6.45) is -7.27. The fraction of sp³-hybridized carbons (Fsp3) is 0.333. The van der Waals surface area contributed by atoms with Crippen molar-refractivity contribution in [2.45, 2.75) is 30.1 Å². The van der Waals surface area contributed by atoms with Gasteiger partial charge in [0.2, 0.25) is 12.1 Å². The second-order valence-corrected chi connectivity index (χ2v) is 10.9. The van der Waals surface area contributed by atoms with Crippen LogP contribution in [0.4, 0.5) is 17.6 Å². The molecule has 7 nitrogen and oxygen atoms in total. The van der Waals surface area contributed by atoms with Crippen LogP contribution in [0.1, 0.15) is 34.0 Å². The quantitative estimate of drug-likeness (QED) is 0.542. The van der Waals surface area contributed by atoms with Gasteiger partial charge in [-0.1, -0.05) is 11.6 Å². The summed E-state index contributed by atoms with van der Waals surface area (Å²) in [4.78, 5) is 0.289. The predicted molar refractivity (Wildman–Crippen MR) is 111 cm³/mol. The van der Waals surface area contributed by atoms with Crippen molar-refractivity contribution in [3.63, 3.8) is 0 Å². The third kappa shape index (κ3) is 4.69. The van der Waals surface area contributed by atoms with Crippen LogP contribution in [0.5, 0.6) is 0 Å². The first kappa shape index (κ1) is 22.8. The van der Waals surface area contributed by atoms with E-state index in [1.807, 2.05) is 0 Å². The van der Waals surface area contributed by atoms with E-state index in [0.29, 0.717) is 15.5 Å². The molecule has 2 aliphatic heterocycles. The van der Waals surface area contributed by atoms with Crippen LogP contribution in [0.25, 0.3) is 0 Å². The van der Waals surface area contributed by atoms with Gasteiger partial charge in [-0.3, -0.25) is 10.8 Å². The second-order valence-electron chi connectivity index (χ2n) is 7.16. The standard InChI is InChI=1S/C18H15ClF4N4O3S2/c19-9-3-1-8(2-4-9)16-26-27-17(30-16)12-5-10(20)14(31-12)11-7-32(28,29)13(15(24)25-11)6-18(21,22)23/h1-5,11,13,17,27H,6-7H2,(H2,24,25). The third-order valence-corrected chi connectivity index (χ3v) is 8.40. The fourth-order valence-electron chi connectivity index (χ4n) is 3.33. The molecule has 2 aromatic rings. The summed E-state index contributed by atoms with van der Waals surface area (Å²) in [5.41, 5.74) is 3.34. The van der Waals surface area contributed by atoms with Gasteiger partial charge in [0.1, 0.15) is 16.9 Å². The van der Waals surface area contributed by atoms with Gasteiger partial charge in [0.25, 0.3) is 0 Å². The number of nitrogens with one attached hydrogen (secondary N) is 3. The Hall–Kier alpha value is -2.38. The third-order valence-electron chi connectivity index (χ3n) is 4.81. The highest BCUT2D eigenvalue weighted by Gasteiger charge is 2.46. The Kier molecular flexibility index (Phi) is 5.84. The smallest absolute Gasteiger partial charge is 0.390 e. The molecule has 0 bridgehead atoms. The van der Waals surface area contributed by atoms with Crippen molar-refractivity contribution in [3.8, 4) is 0 Å². The molecule has 32 heavy (non-hydrogen) atoms. The minimum absolute atomic E-state index is 0.0517. The summed E-state index contributed by atoms with van der Waals surface area (Å²) in [5, 5.41) is 12.7. The van der Waals surface area contributed by atoms with Crippen LogP contribution >= 0.6 is 22.9 Å². The van der Waals surface area contributed by atoms with Gasteiger partial charge in [-0.2, -0.15) is 13.2 Å². The highest BCUT2D eigenvalue weighted by atomic mass is 35.5. The number of thiophene rings is 1. The lowest BCUT2D eigenvalue weighted by Crippen LogP contribution is -2.51. The molecule has 0 radical (unpaired) electrons. The molecule has 1 aromatic heterocycles. The molecule has 0 amide bonds. The normalized spacial score (nSPS) is 25.0. The van der Waals surface area contributed by atoms with Crippen LogP contribution in [0.2, 0.25) is 5.02 Å². The summed E-state index contributed by atoms with van der Waals surface area (Å²) >= 11 is 6.73. The Morgan fingerprint density at radius 3 is 2.59 bits per heavy atom. The van der Waals surface area contributed by atoms with Crippen LogP contribution in [0.3, 0.4) is 0 Å². The van der Waals surface area contributed by atoms with E-state index in [-0.39, 0.29) is 10.8 Å². The van der Waals surface area contributed by atoms with E-state index in [2.05, 4.69) is 15.8 Å². The average molecular weight is 511 g/mol. The van der Waals surface area contributed by atoms with Crippen molar-refractivity contribution in [2.24, 2.45) is 5.10 Å². The summed E-state index contributed by atoms with van der Waals surface area (Å²) in [5.74, 6) is -2.09. The molecule has 0 spiro atoms. The van der Waals surface area contributed by atoms with E-state index >= 15 is 0 Å². The number of rotatable bonds is 4. The monoisotopic (exact) mass is 510 g/mol. The molecule has 0 saturated carbocycles. The lowest BCUT2D eigenvalue weighted by molar-refractivity contribution is -0.132. The maximum atomic E-state index is 14.6. The van der Waals surface area contributed by atoms with Crippen LogP contribution in [0, 0.1) is 11.2 Å². The maximum absolute atomic E-state index is 14.6. The number of amidine groups is 1. The number of ether oxygens (including phenoxy) is 1. The molecule has 2 aliphatic rings. The van der Waals surface area contributed by atoms with Crippen molar-refractivity contribution >= 4 is 44.5 Å². The zero-order valence-corrected chi connectivity index (χ0v) is 18.3. The summed E-state index contributed by atoms with van der Waals surface area (Å²) in [6, 6.07) is 6.62. The summed E-state index contributed by atoms with van der Waals surface area (Å²) < 4.78 is 83.2. The largest absolute Gasteiger partial charge is 0.446 e. The Bertz CT molecular complexity index is 1180. The van der Waals surface area contributed by atoms with Crippen LogP contribution in [0.15, 0.2) is 35.4 Å². The van der Waals surface area contributed by atoms with Gasteiger partial charge in [-0.25, -0.2) is 12.8 Å². The van der Waals surface area contributed by atoms with E-state index in [1.54, 1.807) is 24.3 Å². The molecular formula is C18H15ClF4N4O3S2. The summed E-state index contributed by atoms with van der Waals surface area (Å²) in [6.45, 7) is 0. The minimum Gasteiger partial charge on any atom is -0.446 e. The van der Waals surface area contributed by atoms with Crippen molar-refractivity contribution < 1.29 is 30.7 Å². The van der Waals surface area contributed by atoms with Gasteiger partial charge < -0.3 is 10.1 Å². The molecule has 3 N–H and O–H groups in total. The fourth-order valence-corrected chi connectivity index (χ4v) is 6.44. The Morgan fingerprint density at radius 2 is 1.97 bits per heavy atom. The first-order chi connectivity index (χ1) is 14.9. The molecule has 0 aliphatic carbocycles. The summed E-state index contributed by atoms with van der Waals surface area (Å²) in [7, 11) is -4.33. The van der Waals surface area contributed by atoms with Crippen molar-refractivity contribution in [3.05, 3.63) is 56.5 Å². The Balaban J connectivity index is 1.50. The first-order valence-corrected chi connectivity index (χ1v) is 12.0. The van der Waals surface area contributed by atoms with E-state index in [1.165, 1.54) is 0 Å². The van der Waals surface area contributed by atoms with Gasteiger partial charge in [0.15, 0.2) is 9.84 Å². The first-order valence-electron chi connectivity index (χ1n) is 9.11. The number of benzene rings is 1. The van der Waals surface area contributed by atoms with Gasteiger partial charge >= 0.3 is 6.18 Å². The highest BCUT2D eigenvalue weighted by Crippen LogP contribution is 2.37. The molecule has 3 unspecified atom stereocenters. The van der Waals surface area contributed by atoms with Crippen molar-refractivity contribution in [1.82, 2.24) is 10.7 Å². The lowest BCUT2D eigenvalue weighted by Gasteiger charge is -2.31. The lowest BCUT2D eigenvalue weighted by atomic mass is 10.2. The number of sulfone groups is 1. The van der Waals surface area contributed by atoms with Gasteiger partial charge in [0, 0.05) is 10.6 Å². The van der Waals surface area contributed by atoms with E-state index in [4.69, 9.17) is 21.7 Å². The number of hydrazone groups is 1. The molecule has 172 valence electrons. The van der Waals surface area contributed by atoms with Crippen LogP contribution < -0.4 is 10.7 Å². The zero-order valence-electron chi connectivity index (χ0n) is 15.9. The van der Waals surface area contributed by atoms with E-state index < -0.39 is 57.4 Å². The topological polar surface area (TPSA) is 104 Å². The Morgan fingerprint density at radius 1 is 1.28 bits per heavy atom. The average Bonchev–Trinajstić information content (AvgIpc) is 3.31. The van der Waals surface area contributed by atoms with Crippen LogP contribution in [-0.4, -0.2) is 37.3 Å². The highest BCUT2D eigenvalue weighted by molar-refractivity contribution is 7.92. The van der Waals surface area contributed by atoms with Crippen molar-refractivity contribution in [1.29, 1.82) is 5.41 Å². The van der Waals surface area contributed by atoms with Gasteiger partial charge in [-0.05, 0) is 30.3 Å². The molecule has 3 atom stereocenters. The predicted octanol–water partition coefficient (Wildman–Crippen LogP) is 3.88. The molecule has 4 rings (SSSR count). The molecule has 1 saturated heterocycles. The van der Waals surface area contributed by atoms with E-state index in [0.717, 1.165) is 17.4 Å². The number of halogens is 5. The number of nitrogens with zero attached hydrogens (tertiary/aromatic N) is 1. The number of alkyl halides is 3. The van der Waals surface area contributed by atoms with Gasteiger partial charge in [0.05, 0.1) is 28.0 Å². The van der Waals surface area contributed by atoms with Crippen molar-refractivity contribution in [2.75, 3.05) is 5.75 Å². The minimum atomic E-state index is -4.76. The number of hydrogen-bond donors (Lipinski definition) is 3. The maximum Gasteiger partial charge on any atom is 0.390 e. The molecule has 3 heterocycles. The van der Waals surface area contributed by atoms with Crippen LogP contribution in [-0.2, 0) is 14.6 Å². The Labute approximate surface area is 188 Å². The second kappa shape index (κ2) is 8.19. The molecule has 1 fully saturated rings. The zero-order chi connectivity index (χ0) is 23.3. The molecular weight excluding hydrogens is 496 g/mol.